The summed E-state index contributed by atoms with van der Waals surface area (Å²) < 4.78 is 5.34. The lowest BCUT2D eigenvalue weighted by Crippen LogP contribution is -1.92. The second-order valence-electron chi connectivity index (χ2n) is 3.63. The largest absolute Gasteiger partial charge is 0.361 e. The minimum Gasteiger partial charge on any atom is -0.361 e. The van der Waals surface area contributed by atoms with Crippen molar-refractivity contribution in [2.24, 2.45) is 0 Å². The second kappa shape index (κ2) is 2.92. The molecular formula is C10H15NO. The standard InChI is InChI=1S/C10H15NO/c1-3-7(2)10-8-5-4-6-9(8)11-12-10/h7H,3-6H2,1-2H3. The fourth-order valence-corrected chi connectivity index (χ4v) is 1.83. The average molecular weight is 165 g/mol. The minimum absolute atomic E-state index is 0.541. The Morgan fingerprint density at radius 3 is 3.08 bits per heavy atom. The smallest absolute Gasteiger partial charge is 0.142 e. The molecule has 66 valence electrons. The van der Waals surface area contributed by atoms with E-state index in [1.807, 2.05) is 0 Å². The fourth-order valence-electron chi connectivity index (χ4n) is 1.83. The lowest BCUT2D eigenvalue weighted by atomic mass is 10.0. The molecule has 2 nitrogen and oxygen atoms in total. The Morgan fingerprint density at radius 2 is 2.33 bits per heavy atom. The van der Waals surface area contributed by atoms with Crippen LogP contribution in [0.25, 0.3) is 0 Å². The highest BCUT2D eigenvalue weighted by molar-refractivity contribution is 5.29. The molecule has 0 saturated heterocycles. The number of hydrogen-bond donors (Lipinski definition) is 0. The maximum atomic E-state index is 5.34. The van der Waals surface area contributed by atoms with Crippen LogP contribution in [0.5, 0.6) is 0 Å². The zero-order valence-electron chi connectivity index (χ0n) is 7.76. The third-order valence-electron chi connectivity index (χ3n) is 2.80. The van der Waals surface area contributed by atoms with E-state index in [2.05, 4.69) is 19.0 Å². The van der Waals surface area contributed by atoms with Crippen LogP contribution in [0.2, 0.25) is 0 Å². The number of hydrogen-bond acceptors (Lipinski definition) is 2. The van der Waals surface area contributed by atoms with Gasteiger partial charge in [-0.1, -0.05) is 19.0 Å². The van der Waals surface area contributed by atoms with Gasteiger partial charge in [0.25, 0.3) is 0 Å². The maximum absolute atomic E-state index is 5.34. The first kappa shape index (κ1) is 7.84. The van der Waals surface area contributed by atoms with Crippen LogP contribution >= 0.6 is 0 Å². The Kier molecular flexibility index (Phi) is 1.91. The molecule has 0 fully saturated rings. The molecule has 0 amide bonds. The van der Waals surface area contributed by atoms with Gasteiger partial charge in [0.1, 0.15) is 5.76 Å². The third-order valence-corrected chi connectivity index (χ3v) is 2.80. The van der Waals surface area contributed by atoms with Gasteiger partial charge in [-0.2, -0.15) is 0 Å². The molecule has 1 aliphatic rings. The number of rotatable bonds is 2. The van der Waals surface area contributed by atoms with Gasteiger partial charge in [-0.3, -0.25) is 0 Å². The lowest BCUT2D eigenvalue weighted by Gasteiger charge is -2.04. The van der Waals surface area contributed by atoms with Gasteiger partial charge in [0.15, 0.2) is 0 Å². The highest BCUT2D eigenvalue weighted by atomic mass is 16.5. The molecule has 2 heteroatoms. The first-order chi connectivity index (χ1) is 5.83. The molecule has 1 unspecified atom stereocenters. The first-order valence-electron chi connectivity index (χ1n) is 4.80. The molecule has 2 rings (SSSR count). The first-order valence-corrected chi connectivity index (χ1v) is 4.80. The normalized spacial score (nSPS) is 17.8. The van der Waals surface area contributed by atoms with Gasteiger partial charge >= 0.3 is 0 Å². The lowest BCUT2D eigenvalue weighted by molar-refractivity contribution is 0.353. The SMILES string of the molecule is CCC(C)c1onc2c1CCC2. The van der Waals surface area contributed by atoms with E-state index in [4.69, 9.17) is 4.52 Å². The van der Waals surface area contributed by atoms with E-state index in [-0.39, 0.29) is 0 Å². The fraction of sp³-hybridized carbons (Fsp3) is 0.700. The average Bonchev–Trinajstić information content (AvgIpc) is 2.62. The second-order valence-corrected chi connectivity index (χ2v) is 3.63. The van der Waals surface area contributed by atoms with Gasteiger partial charge in [-0.05, 0) is 25.7 Å². The molecule has 0 saturated carbocycles. The molecule has 0 spiro atoms. The summed E-state index contributed by atoms with van der Waals surface area (Å²) >= 11 is 0. The van der Waals surface area contributed by atoms with Crippen LogP contribution in [0.15, 0.2) is 4.52 Å². The van der Waals surface area contributed by atoms with E-state index < -0.39 is 0 Å². The van der Waals surface area contributed by atoms with E-state index in [1.54, 1.807) is 0 Å². The van der Waals surface area contributed by atoms with Crippen molar-refractivity contribution < 1.29 is 4.52 Å². The Hall–Kier alpha value is -0.790. The maximum Gasteiger partial charge on any atom is 0.142 e. The van der Waals surface area contributed by atoms with Gasteiger partial charge in [0, 0.05) is 11.5 Å². The monoisotopic (exact) mass is 165 g/mol. The van der Waals surface area contributed by atoms with Crippen LogP contribution in [0, 0.1) is 0 Å². The summed E-state index contributed by atoms with van der Waals surface area (Å²) in [6, 6.07) is 0. The number of aromatic nitrogens is 1. The van der Waals surface area contributed by atoms with Gasteiger partial charge < -0.3 is 4.52 Å². The molecule has 0 radical (unpaired) electrons. The van der Waals surface area contributed by atoms with Gasteiger partial charge in [0.2, 0.25) is 0 Å². The Labute approximate surface area is 72.9 Å². The highest BCUT2D eigenvalue weighted by Crippen LogP contribution is 2.30. The quantitative estimate of drug-likeness (QED) is 0.673. The molecule has 0 bridgehead atoms. The van der Waals surface area contributed by atoms with Crippen LogP contribution in [0.3, 0.4) is 0 Å². The summed E-state index contributed by atoms with van der Waals surface area (Å²) in [5, 5.41) is 4.09. The van der Waals surface area contributed by atoms with Gasteiger partial charge in [-0.25, -0.2) is 0 Å². The summed E-state index contributed by atoms with van der Waals surface area (Å²) in [4.78, 5) is 0. The molecule has 12 heavy (non-hydrogen) atoms. The zero-order valence-corrected chi connectivity index (χ0v) is 7.76. The van der Waals surface area contributed by atoms with E-state index >= 15 is 0 Å². The molecule has 0 aromatic carbocycles. The summed E-state index contributed by atoms with van der Waals surface area (Å²) in [7, 11) is 0. The number of fused-ring (bicyclic) bond motifs is 1. The van der Waals surface area contributed by atoms with Crippen molar-refractivity contribution in [2.45, 2.75) is 45.4 Å². The predicted molar refractivity (Wildman–Crippen MR) is 47.2 cm³/mol. The van der Waals surface area contributed by atoms with Crippen molar-refractivity contribution in [2.75, 3.05) is 0 Å². The summed E-state index contributed by atoms with van der Waals surface area (Å²) in [5.41, 5.74) is 2.62. The number of nitrogens with zero attached hydrogens (tertiary/aromatic N) is 1. The topological polar surface area (TPSA) is 26.0 Å². The molecule has 1 aromatic heterocycles. The van der Waals surface area contributed by atoms with E-state index in [9.17, 15) is 0 Å². The van der Waals surface area contributed by atoms with Crippen molar-refractivity contribution in [1.29, 1.82) is 0 Å². The van der Waals surface area contributed by atoms with E-state index in [1.165, 1.54) is 24.1 Å². The van der Waals surface area contributed by atoms with Gasteiger partial charge in [-0.15, -0.1) is 0 Å². The Bertz CT molecular complexity index is 277. The highest BCUT2D eigenvalue weighted by Gasteiger charge is 2.23. The van der Waals surface area contributed by atoms with E-state index in [0.29, 0.717) is 5.92 Å². The van der Waals surface area contributed by atoms with Crippen molar-refractivity contribution in [3.63, 3.8) is 0 Å². The number of aryl methyl sites for hydroxylation is 1. The van der Waals surface area contributed by atoms with Crippen molar-refractivity contribution in [1.82, 2.24) is 5.16 Å². The van der Waals surface area contributed by atoms with Gasteiger partial charge in [0.05, 0.1) is 5.69 Å². The van der Waals surface area contributed by atoms with Crippen molar-refractivity contribution in [3.8, 4) is 0 Å². The molecule has 1 aliphatic carbocycles. The molecule has 0 aliphatic heterocycles. The van der Waals surface area contributed by atoms with Crippen LogP contribution in [-0.2, 0) is 12.8 Å². The predicted octanol–water partition coefficient (Wildman–Crippen LogP) is 2.68. The summed E-state index contributed by atoms with van der Waals surface area (Å²) in [5.74, 6) is 1.68. The molecule has 1 heterocycles. The molecule has 1 aromatic rings. The van der Waals surface area contributed by atoms with Crippen LogP contribution in [0.1, 0.15) is 49.6 Å². The molecule has 0 N–H and O–H groups in total. The summed E-state index contributed by atoms with van der Waals surface area (Å²) in [6.07, 6.45) is 4.70. The Morgan fingerprint density at radius 1 is 1.50 bits per heavy atom. The van der Waals surface area contributed by atoms with Crippen LogP contribution in [-0.4, -0.2) is 5.16 Å². The third kappa shape index (κ3) is 1.06. The Balaban J connectivity index is 2.33. The van der Waals surface area contributed by atoms with Crippen LogP contribution < -0.4 is 0 Å². The van der Waals surface area contributed by atoms with E-state index in [0.717, 1.165) is 18.6 Å². The molecule has 1 atom stereocenters. The summed E-state index contributed by atoms with van der Waals surface area (Å²) in [6.45, 7) is 4.40. The van der Waals surface area contributed by atoms with Crippen LogP contribution in [0.4, 0.5) is 0 Å². The van der Waals surface area contributed by atoms with Crippen molar-refractivity contribution in [3.05, 3.63) is 17.0 Å². The molecular weight excluding hydrogens is 150 g/mol. The van der Waals surface area contributed by atoms with Crippen molar-refractivity contribution >= 4 is 0 Å². The zero-order chi connectivity index (χ0) is 8.55. The minimum atomic E-state index is 0.541.